The molecule has 1 aromatic heterocycles. The third-order valence-corrected chi connectivity index (χ3v) is 3.19. The Morgan fingerprint density at radius 2 is 1.78 bits per heavy atom. The molecular formula is C15H24FNO. The quantitative estimate of drug-likeness (QED) is 0.662. The van der Waals surface area contributed by atoms with E-state index >= 15 is 0 Å². The van der Waals surface area contributed by atoms with Gasteiger partial charge in [-0.25, -0.2) is 4.39 Å². The van der Waals surface area contributed by atoms with Crippen LogP contribution < -0.4 is 0 Å². The van der Waals surface area contributed by atoms with Gasteiger partial charge in [-0.2, -0.15) is 0 Å². The Kier molecular flexibility index (Phi) is 7.58. The van der Waals surface area contributed by atoms with E-state index < -0.39 is 6.10 Å². The number of rotatable bonds is 9. The first kappa shape index (κ1) is 15.1. The van der Waals surface area contributed by atoms with E-state index in [1.54, 1.807) is 0 Å². The SMILES string of the molecule is CCCCCCCCCC(O)c1cncc(F)c1. The van der Waals surface area contributed by atoms with E-state index in [4.69, 9.17) is 0 Å². The van der Waals surface area contributed by atoms with Crippen molar-refractivity contribution in [3.8, 4) is 0 Å². The van der Waals surface area contributed by atoms with E-state index in [9.17, 15) is 9.50 Å². The highest BCUT2D eigenvalue weighted by molar-refractivity contribution is 5.12. The summed E-state index contributed by atoms with van der Waals surface area (Å²) in [4.78, 5) is 3.75. The average molecular weight is 253 g/mol. The van der Waals surface area contributed by atoms with Gasteiger partial charge in [-0.1, -0.05) is 51.9 Å². The van der Waals surface area contributed by atoms with Gasteiger partial charge in [0.15, 0.2) is 0 Å². The zero-order valence-corrected chi connectivity index (χ0v) is 11.2. The van der Waals surface area contributed by atoms with Crippen LogP contribution >= 0.6 is 0 Å². The third-order valence-electron chi connectivity index (χ3n) is 3.19. The van der Waals surface area contributed by atoms with E-state index in [0.717, 1.165) is 19.0 Å². The molecule has 0 aliphatic carbocycles. The van der Waals surface area contributed by atoms with E-state index in [1.165, 1.54) is 44.4 Å². The molecule has 2 nitrogen and oxygen atoms in total. The molecule has 0 amide bonds. The second-order valence-electron chi connectivity index (χ2n) is 4.86. The number of nitrogens with zero attached hydrogens (tertiary/aromatic N) is 1. The molecule has 0 aliphatic heterocycles. The highest BCUT2D eigenvalue weighted by atomic mass is 19.1. The summed E-state index contributed by atoms with van der Waals surface area (Å²) in [6.45, 7) is 2.21. The Morgan fingerprint density at radius 1 is 1.11 bits per heavy atom. The summed E-state index contributed by atoms with van der Waals surface area (Å²) in [7, 11) is 0. The van der Waals surface area contributed by atoms with Crippen molar-refractivity contribution < 1.29 is 9.50 Å². The van der Waals surface area contributed by atoms with E-state index in [0.29, 0.717) is 12.0 Å². The molecule has 3 heteroatoms. The molecule has 0 aromatic carbocycles. The van der Waals surface area contributed by atoms with E-state index in [-0.39, 0.29) is 5.82 Å². The van der Waals surface area contributed by atoms with Crippen LogP contribution in [0.3, 0.4) is 0 Å². The van der Waals surface area contributed by atoms with Crippen molar-refractivity contribution in [1.29, 1.82) is 0 Å². The Labute approximate surface area is 109 Å². The summed E-state index contributed by atoms with van der Waals surface area (Å²) in [5.41, 5.74) is 0.584. The van der Waals surface area contributed by atoms with Crippen molar-refractivity contribution in [1.82, 2.24) is 4.98 Å². The van der Waals surface area contributed by atoms with Crippen LogP contribution in [0.15, 0.2) is 18.5 Å². The van der Waals surface area contributed by atoms with Crippen LogP contribution in [0.4, 0.5) is 4.39 Å². The normalized spacial score (nSPS) is 12.6. The molecule has 0 fully saturated rings. The minimum Gasteiger partial charge on any atom is -0.388 e. The zero-order chi connectivity index (χ0) is 13.2. The number of halogens is 1. The van der Waals surface area contributed by atoms with Gasteiger partial charge in [0.25, 0.3) is 0 Å². The monoisotopic (exact) mass is 253 g/mol. The summed E-state index contributed by atoms with van der Waals surface area (Å²) in [5, 5.41) is 9.88. The van der Waals surface area contributed by atoms with Crippen molar-refractivity contribution in [2.75, 3.05) is 0 Å². The first-order valence-corrected chi connectivity index (χ1v) is 7.02. The van der Waals surface area contributed by atoms with Crippen molar-refractivity contribution in [2.24, 2.45) is 0 Å². The molecule has 0 saturated carbocycles. The summed E-state index contributed by atoms with van der Waals surface area (Å²) in [6, 6.07) is 1.36. The van der Waals surface area contributed by atoms with Crippen molar-refractivity contribution >= 4 is 0 Å². The van der Waals surface area contributed by atoms with Gasteiger partial charge < -0.3 is 5.11 Å². The van der Waals surface area contributed by atoms with Crippen LogP contribution in [0.5, 0.6) is 0 Å². The van der Waals surface area contributed by atoms with Crippen LogP contribution in [0.1, 0.15) is 70.0 Å². The van der Waals surface area contributed by atoms with Gasteiger partial charge >= 0.3 is 0 Å². The van der Waals surface area contributed by atoms with Crippen LogP contribution in [0.25, 0.3) is 0 Å². The Hall–Kier alpha value is -0.960. The predicted molar refractivity (Wildman–Crippen MR) is 71.8 cm³/mol. The van der Waals surface area contributed by atoms with E-state index in [2.05, 4.69) is 11.9 Å². The molecule has 1 rings (SSSR count). The molecule has 1 atom stereocenters. The van der Waals surface area contributed by atoms with Crippen molar-refractivity contribution in [2.45, 2.75) is 64.4 Å². The maximum absolute atomic E-state index is 12.9. The fraction of sp³-hybridized carbons (Fsp3) is 0.667. The molecule has 0 bridgehead atoms. The molecular weight excluding hydrogens is 229 g/mol. The second-order valence-corrected chi connectivity index (χ2v) is 4.86. The number of unbranched alkanes of at least 4 members (excludes halogenated alkanes) is 6. The lowest BCUT2D eigenvalue weighted by Gasteiger charge is -2.10. The van der Waals surface area contributed by atoms with Crippen molar-refractivity contribution in [3.05, 3.63) is 29.8 Å². The number of pyridine rings is 1. The number of hydrogen-bond acceptors (Lipinski definition) is 2. The third kappa shape index (κ3) is 6.10. The molecule has 1 aromatic rings. The fourth-order valence-electron chi connectivity index (χ4n) is 2.07. The predicted octanol–water partition coefficient (Wildman–Crippen LogP) is 4.39. The molecule has 18 heavy (non-hydrogen) atoms. The van der Waals surface area contributed by atoms with Gasteiger partial charge in [0.2, 0.25) is 0 Å². The molecule has 0 spiro atoms. The van der Waals surface area contributed by atoms with Crippen molar-refractivity contribution in [3.63, 3.8) is 0 Å². The topological polar surface area (TPSA) is 33.1 Å². The smallest absolute Gasteiger partial charge is 0.141 e. The minimum atomic E-state index is -0.580. The largest absolute Gasteiger partial charge is 0.388 e. The van der Waals surface area contributed by atoms with Gasteiger partial charge in [0.05, 0.1) is 12.3 Å². The molecule has 0 saturated heterocycles. The number of aliphatic hydroxyl groups is 1. The molecule has 1 N–H and O–H groups in total. The first-order valence-electron chi connectivity index (χ1n) is 7.02. The van der Waals surface area contributed by atoms with Crippen LogP contribution in [0.2, 0.25) is 0 Å². The molecule has 0 aliphatic rings. The molecule has 102 valence electrons. The van der Waals surface area contributed by atoms with Gasteiger partial charge in [-0.3, -0.25) is 4.98 Å². The maximum atomic E-state index is 12.9. The summed E-state index contributed by atoms with van der Waals surface area (Å²) in [6.07, 6.45) is 11.4. The lowest BCUT2D eigenvalue weighted by atomic mass is 10.0. The summed E-state index contributed by atoms with van der Waals surface area (Å²) >= 11 is 0. The Morgan fingerprint density at radius 3 is 2.44 bits per heavy atom. The zero-order valence-electron chi connectivity index (χ0n) is 11.2. The summed E-state index contributed by atoms with van der Waals surface area (Å²) in [5.74, 6) is -0.383. The van der Waals surface area contributed by atoms with Crippen LogP contribution in [-0.2, 0) is 0 Å². The van der Waals surface area contributed by atoms with Gasteiger partial charge in [-0.05, 0) is 12.5 Å². The highest BCUT2D eigenvalue weighted by Crippen LogP contribution is 2.20. The Balaban J connectivity index is 2.12. The van der Waals surface area contributed by atoms with Gasteiger partial charge in [0, 0.05) is 11.8 Å². The fourth-order valence-corrected chi connectivity index (χ4v) is 2.07. The molecule has 1 unspecified atom stereocenters. The molecule has 1 heterocycles. The van der Waals surface area contributed by atoms with Crippen LogP contribution in [-0.4, -0.2) is 10.1 Å². The standard InChI is InChI=1S/C15H24FNO/c1-2-3-4-5-6-7-8-9-15(18)13-10-14(16)12-17-11-13/h10-12,15,18H,2-9H2,1H3. The maximum Gasteiger partial charge on any atom is 0.141 e. The van der Waals surface area contributed by atoms with Gasteiger partial charge in [-0.15, -0.1) is 0 Å². The van der Waals surface area contributed by atoms with Gasteiger partial charge in [0.1, 0.15) is 5.82 Å². The Bertz CT molecular complexity index is 330. The minimum absolute atomic E-state index is 0.383. The molecule has 0 radical (unpaired) electrons. The number of hydrogen-bond donors (Lipinski definition) is 1. The highest BCUT2D eigenvalue weighted by Gasteiger charge is 2.08. The van der Waals surface area contributed by atoms with E-state index in [1.807, 2.05) is 0 Å². The van der Waals surface area contributed by atoms with Crippen LogP contribution in [0, 0.1) is 5.82 Å². The summed E-state index contributed by atoms with van der Waals surface area (Å²) < 4.78 is 12.9. The lowest BCUT2D eigenvalue weighted by molar-refractivity contribution is 0.162. The second kappa shape index (κ2) is 9.03. The first-order chi connectivity index (χ1) is 8.74. The number of aliphatic hydroxyl groups excluding tert-OH is 1. The number of aromatic nitrogens is 1. The average Bonchev–Trinajstić information content (AvgIpc) is 2.37. The lowest BCUT2D eigenvalue weighted by Crippen LogP contribution is -1.99.